The highest BCUT2D eigenvalue weighted by Crippen LogP contribution is 2.12. The summed E-state index contributed by atoms with van der Waals surface area (Å²) >= 11 is 0. The molecule has 1 heterocycles. The van der Waals surface area contributed by atoms with E-state index in [2.05, 4.69) is 18.9 Å². The number of nitrogens with two attached hydrogens (primary N) is 1. The molecule has 1 aromatic heterocycles. The maximum absolute atomic E-state index is 12.2. The number of hydrogen-bond donors (Lipinski definition) is 1. The van der Waals surface area contributed by atoms with Crippen LogP contribution in [0.3, 0.4) is 0 Å². The van der Waals surface area contributed by atoms with Gasteiger partial charge in [-0.3, -0.25) is 9.48 Å². The minimum atomic E-state index is 0.0861. The lowest BCUT2D eigenvalue weighted by Gasteiger charge is -2.08. The van der Waals surface area contributed by atoms with Crippen LogP contribution >= 0.6 is 0 Å². The molecular formula is C16H21N3O. The number of nitrogens with zero attached hydrogens (tertiary/aromatic N) is 2. The number of Topliss-reactive ketones (excluding diaryl/α,β-unsaturated/α-hetero) is 1. The smallest absolute Gasteiger partial charge is 0.168 e. The fourth-order valence-corrected chi connectivity index (χ4v) is 2.00. The van der Waals surface area contributed by atoms with Crippen LogP contribution in [0, 0.1) is 0 Å². The number of carbonyl (C=O) groups is 1. The molecule has 0 spiro atoms. The Bertz CT molecular complexity index is 572. The molecule has 1 unspecified atom stereocenters. The first-order valence-corrected chi connectivity index (χ1v) is 7.00. The molecule has 2 aromatic rings. The summed E-state index contributed by atoms with van der Waals surface area (Å²) in [5, 5.41) is 4.46. The fraction of sp³-hybridized carbons (Fsp3) is 0.375. The van der Waals surface area contributed by atoms with E-state index in [0.29, 0.717) is 24.6 Å². The molecule has 4 heteroatoms. The van der Waals surface area contributed by atoms with Gasteiger partial charge in [0.1, 0.15) is 0 Å². The van der Waals surface area contributed by atoms with Gasteiger partial charge in [0.2, 0.25) is 0 Å². The minimum Gasteiger partial charge on any atom is -0.326 e. The lowest BCUT2D eigenvalue weighted by atomic mass is 10.0. The predicted octanol–water partition coefficient (Wildman–Crippen LogP) is 2.74. The zero-order valence-corrected chi connectivity index (χ0v) is 12.0. The molecule has 0 aliphatic rings. The third kappa shape index (κ3) is 3.33. The molecular weight excluding hydrogens is 250 g/mol. The maximum atomic E-state index is 12.2. The van der Waals surface area contributed by atoms with Gasteiger partial charge in [-0.25, -0.2) is 0 Å². The summed E-state index contributed by atoms with van der Waals surface area (Å²) in [6.45, 7) is 4.73. The van der Waals surface area contributed by atoms with Crippen molar-refractivity contribution in [2.24, 2.45) is 5.73 Å². The number of carbonyl (C=O) groups excluding carboxylic acids is 1. The minimum absolute atomic E-state index is 0.0861. The Balaban J connectivity index is 2.05. The van der Waals surface area contributed by atoms with Gasteiger partial charge in [-0.15, -0.1) is 0 Å². The molecule has 1 aromatic carbocycles. The number of rotatable bonds is 6. The van der Waals surface area contributed by atoms with Crippen molar-refractivity contribution < 1.29 is 4.79 Å². The van der Waals surface area contributed by atoms with Crippen molar-refractivity contribution in [2.45, 2.75) is 39.3 Å². The second-order valence-corrected chi connectivity index (χ2v) is 5.05. The maximum Gasteiger partial charge on any atom is 0.168 e. The molecule has 20 heavy (non-hydrogen) atoms. The fourth-order valence-electron chi connectivity index (χ4n) is 2.00. The molecule has 0 bridgehead atoms. The third-order valence-electron chi connectivity index (χ3n) is 3.56. The SMILES string of the molecule is CCC(C)n1ccc(CC(=O)c2ccc(CN)cc2)n1. The Kier molecular flexibility index (Phi) is 4.69. The topological polar surface area (TPSA) is 60.9 Å². The molecule has 0 aliphatic heterocycles. The van der Waals surface area contributed by atoms with Gasteiger partial charge >= 0.3 is 0 Å². The van der Waals surface area contributed by atoms with Crippen molar-refractivity contribution >= 4 is 5.78 Å². The average molecular weight is 271 g/mol. The molecule has 0 radical (unpaired) electrons. The lowest BCUT2D eigenvalue weighted by Crippen LogP contribution is -2.08. The van der Waals surface area contributed by atoms with Crippen LogP contribution in [0.2, 0.25) is 0 Å². The number of aromatic nitrogens is 2. The van der Waals surface area contributed by atoms with Crippen molar-refractivity contribution in [3.05, 3.63) is 53.3 Å². The second kappa shape index (κ2) is 6.48. The predicted molar refractivity (Wildman–Crippen MR) is 79.6 cm³/mol. The van der Waals surface area contributed by atoms with Gasteiger partial charge < -0.3 is 5.73 Å². The van der Waals surface area contributed by atoms with E-state index in [1.165, 1.54) is 0 Å². The van der Waals surface area contributed by atoms with Crippen LogP contribution in [-0.4, -0.2) is 15.6 Å². The summed E-state index contributed by atoms with van der Waals surface area (Å²) in [6.07, 6.45) is 3.30. The summed E-state index contributed by atoms with van der Waals surface area (Å²) in [5.41, 5.74) is 8.10. The van der Waals surface area contributed by atoms with Gasteiger partial charge in [-0.05, 0) is 25.0 Å². The Morgan fingerprint density at radius 3 is 2.60 bits per heavy atom. The van der Waals surface area contributed by atoms with E-state index in [-0.39, 0.29) is 5.78 Å². The van der Waals surface area contributed by atoms with Crippen LogP contribution in [-0.2, 0) is 13.0 Å². The van der Waals surface area contributed by atoms with Gasteiger partial charge in [0.25, 0.3) is 0 Å². The average Bonchev–Trinajstić information content (AvgIpc) is 2.95. The monoisotopic (exact) mass is 271 g/mol. The first kappa shape index (κ1) is 14.5. The number of benzene rings is 1. The van der Waals surface area contributed by atoms with Crippen LogP contribution < -0.4 is 5.73 Å². The van der Waals surface area contributed by atoms with E-state index in [1.807, 2.05) is 41.2 Å². The Morgan fingerprint density at radius 2 is 2.00 bits per heavy atom. The summed E-state index contributed by atoms with van der Waals surface area (Å²) < 4.78 is 1.92. The van der Waals surface area contributed by atoms with E-state index in [0.717, 1.165) is 17.7 Å². The Labute approximate surface area is 119 Å². The largest absolute Gasteiger partial charge is 0.326 e. The van der Waals surface area contributed by atoms with Gasteiger partial charge in [-0.1, -0.05) is 31.2 Å². The van der Waals surface area contributed by atoms with Crippen LogP contribution in [0.5, 0.6) is 0 Å². The van der Waals surface area contributed by atoms with Crippen LogP contribution in [0.4, 0.5) is 0 Å². The van der Waals surface area contributed by atoms with E-state index in [1.54, 1.807) is 0 Å². The van der Waals surface area contributed by atoms with Gasteiger partial charge in [0, 0.05) is 24.3 Å². The standard InChI is InChI=1S/C16H21N3O/c1-3-12(2)19-9-8-15(18-19)10-16(20)14-6-4-13(11-17)5-7-14/h4-9,12H,3,10-11,17H2,1-2H3. The zero-order valence-electron chi connectivity index (χ0n) is 12.0. The molecule has 0 aliphatic carbocycles. The van der Waals surface area contributed by atoms with Gasteiger partial charge in [0.05, 0.1) is 12.1 Å². The van der Waals surface area contributed by atoms with Crippen LogP contribution in [0.15, 0.2) is 36.5 Å². The third-order valence-corrected chi connectivity index (χ3v) is 3.56. The number of hydrogen-bond acceptors (Lipinski definition) is 3. The normalized spacial score (nSPS) is 12.3. The number of ketones is 1. The summed E-state index contributed by atoms with van der Waals surface area (Å²) in [7, 11) is 0. The van der Waals surface area contributed by atoms with Crippen LogP contribution in [0.25, 0.3) is 0 Å². The van der Waals surface area contributed by atoms with Crippen molar-refractivity contribution in [1.82, 2.24) is 9.78 Å². The second-order valence-electron chi connectivity index (χ2n) is 5.05. The van der Waals surface area contributed by atoms with Crippen molar-refractivity contribution in [3.63, 3.8) is 0 Å². The quantitative estimate of drug-likeness (QED) is 0.822. The molecule has 2 N–H and O–H groups in total. The highest BCUT2D eigenvalue weighted by molar-refractivity contribution is 5.97. The first-order chi connectivity index (χ1) is 9.63. The van der Waals surface area contributed by atoms with Crippen molar-refractivity contribution in [3.8, 4) is 0 Å². The Morgan fingerprint density at radius 1 is 1.30 bits per heavy atom. The molecule has 0 amide bonds. The molecule has 2 rings (SSSR count). The van der Waals surface area contributed by atoms with Gasteiger partial charge in [-0.2, -0.15) is 5.10 Å². The molecule has 0 saturated heterocycles. The highest BCUT2D eigenvalue weighted by atomic mass is 16.1. The highest BCUT2D eigenvalue weighted by Gasteiger charge is 2.10. The van der Waals surface area contributed by atoms with E-state index in [9.17, 15) is 4.79 Å². The molecule has 4 nitrogen and oxygen atoms in total. The Hall–Kier alpha value is -1.94. The summed E-state index contributed by atoms with van der Waals surface area (Å²) in [4.78, 5) is 12.2. The van der Waals surface area contributed by atoms with Gasteiger partial charge in [0.15, 0.2) is 5.78 Å². The van der Waals surface area contributed by atoms with Crippen molar-refractivity contribution in [2.75, 3.05) is 0 Å². The van der Waals surface area contributed by atoms with Crippen LogP contribution in [0.1, 0.15) is 47.9 Å². The zero-order chi connectivity index (χ0) is 14.5. The van der Waals surface area contributed by atoms with E-state index < -0.39 is 0 Å². The van der Waals surface area contributed by atoms with E-state index in [4.69, 9.17) is 5.73 Å². The lowest BCUT2D eigenvalue weighted by molar-refractivity contribution is 0.0991. The molecule has 1 atom stereocenters. The first-order valence-electron chi connectivity index (χ1n) is 7.00. The molecule has 0 saturated carbocycles. The molecule has 0 fully saturated rings. The van der Waals surface area contributed by atoms with Crippen molar-refractivity contribution in [1.29, 1.82) is 0 Å². The molecule has 106 valence electrons. The summed E-state index contributed by atoms with van der Waals surface area (Å²) in [5.74, 6) is 0.0861. The van der Waals surface area contributed by atoms with E-state index >= 15 is 0 Å². The summed E-state index contributed by atoms with van der Waals surface area (Å²) in [6, 6.07) is 9.73.